The molecule has 0 amide bonds. The molecule has 1 heterocycles. The maximum Gasteiger partial charge on any atom is 0.287 e. The van der Waals surface area contributed by atoms with Crippen LogP contribution in [0, 0.1) is 0 Å². The Balaban J connectivity index is 2.06. The number of aliphatic hydroxyl groups excluding tert-OH is 1. The lowest BCUT2D eigenvalue weighted by atomic mass is 10.1. The number of β-amino-alcohol motifs (C(OH)–C–C–N with tert-alkyl or cyclic N) is 1. The van der Waals surface area contributed by atoms with Crippen LogP contribution >= 0.6 is 0 Å². The first-order chi connectivity index (χ1) is 9.39. The van der Waals surface area contributed by atoms with Gasteiger partial charge in [-0.15, -0.1) is 0 Å². The molecule has 1 aromatic heterocycles. The van der Waals surface area contributed by atoms with Crippen molar-refractivity contribution in [3.8, 4) is 5.95 Å². The highest BCUT2D eigenvalue weighted by molar-refractivity contribution is 5.81. The van der Waals surface area contributed by atoms with Crippen molar-refractivity contribution in [1.29, 1.82) is 0 Å². The Labute approximate surface area is 119 Å². The molecule has 0 aliphatic carbocycles. The van der Waals surface area contributed by atoms with E-state index in [2.05, 4.69) is 12.2 Å². The molecule has 0 aliphatic heterocycles. The van der Waals surface area contributed by atoms with Gasteiger partial charge in [0.15, 0.2) is 0 Å². The van der Waals surface area contributed by atoms with Crippen molar-refractivity contribution < 1.29 is 14.3 Å². The summed E-state index contributed by atoms with van der Waals surface area (Å²) in [7, 11) is 0. The molecular weight excluding hydrogens is 254 g/mol. The summed E-state index contributed by atoms with van der Waals surface area (Å²) in [6.45, 7) is 8.54. The molecule has 0 aliphatic rings. The molecule has 2 rings (SSSR count). The predicted molar refractivity (Wildman–Crippen MR) is 80.0 cm³/mol. The number of furan rings is 1. The molecule has 0 saturated heterocycles. The van der Waals surface area contributed by atoms with Gasteiger partial charge in [0.25, 0.3) is 5.95 Å². The van der Waals surface area contributed by atoms with Crippen molar-refractivity contribution in [3.63, 3.8) is 0 Å². The molecule has 110 valence electrons. The molecule has 2 N–H and O–H groups in total. The van der Waals surface area contributed by atoms with Crippen molar-refractivity contribution in [2.24, 2.45) is 0 Å². The van der Waals surface area contributed by atoms with Gasteiger partial charge in [0.1, 0.15) is 5.58 Å². The minimum atomic E-state index is -0.931. The maximum absolute atomic E-state index is 9.87. The van der Waals surface area contributed by atoms with Gasteiger partial charge in [-0.1, -0.05) is 25.1 Å². The van der Waals surface area contributed by atoms with Gasteiger partial charge in [-0.05, 0) is 32.8 Å². The third-order valence-electron chi connectivity index (χ3n) is 3.04. The molecule has 0 saturated carbocycles. The van der Waals surface area contributed by atoms with Crippen LogP contribution in [0.1, 0.15) is 33.3 Å². The first-order valence-corrected chi connectivity index (χ1v) is 7.00. The Morgan fingerprint density at radius 1 is 1.35 bits per heavy atom. The first kappa shape index (κ1) is 14.9. The summed E-state index contributed by atoms with van der Waals surface area (Å²) < 4.78 is 11.1. The largest absolute Gasteiger partial charge is 0.434 e. The summed E-state index contributed by atoms with van der Waals surface area (Å²) in [6, 6.07) is 7.82. The van der Waals surface area contributed by atoms with E-state index in [0.29, 0.717) is 12.5 Å². The van der Waals surface area contributed by atoms with E-state index in [0.717, 1.165) is 23.0 Å². The fourth-order valence-electron chi connectivity index (χ4n) is 2.01. The number of benzene rings is 1. The fraction of sp³-hybridized carbons (Fsp3) is 0.500. The maximum atomic E-state index is 9.87. The third-order valence-corrected chi connectivity index (χ3v) is 3.04. The van der Waals surface area contributed by atoms with Gasteiger partial charge in [-0.25, -0.2) is 0 Å². The Morgan fingerprint density at radius 3 is 2.75 bits per heavy atom. The molecule has 0 radical (unpaired) electrons. The van der Waals surface area contributed by atoms with E-state index < -0.39 is 6.29 Å². The molecule has 1 aromatic carbocycles. The minimum absolute atomic E-state index is 0.0619. The lowest BCUT2D eigenvalue weighted by Crippen LogP contribution is -2.42. The molecule has 1 unspecified atom stereocenters. The molecule has 4 heteroatoms. The van der Waals surface area contributed by atoms with Gasteiger partial charge >= 0.3 is 0 Å². The van der Waals surface area contributed by atoms with E-state index in [1.165, 1.54) is 0 Å². The molecule has 20 heavy (non-hydrogen) atoms. The number of rotatable bonds is 5. The van der Waals surface area contributed by atoms with Crippen molar-refractivity contribution in [2.45, 2.75) is 45.9 Å². The lowest BCUT2D eigenvalue weighted by Gasteiger charge is -2.22. The number of para-hydroxylation sites is 1. The van der Waals surface area contributed by atoms with E-state index >= 15 is 0 Å². The summed E-state index contributed by atoms with van der Waals surface area (Å²) in [5, 5.41) is 14.1. The summed E-state index contributed by atoms with van der Waals surface area (Å²) in [4.78, 5) is 0. The van der Waals surface area contributed by atoms with Gasteiger partial charge in [-0.2, -0.15) is 0 Å². The van der Waals surface area contributed by atoms with E-state index in [1.54, 1.807) is 0 Å². The lowest BCUT2D eigenvalue weighted by molar-refractivity contribution is -0.0328. The van der Waals surface area contributed by atoms with Crippen LogP contribution in [0.5, 0.6) is 5.95 Å². The molecule has 4 nitrogen and oxygen atoms in total. The van der Waals surface area contributed by atoms with Crippen molar-refractivity contribution >= 4 is 11.0 Å². The Bertz CT molecular complexity index is 569. The van der Waals surface area contributed by atoms with Gasteiger partial charge in [0, 0.05) is 17.0 Å². The average Bonchev–Trinajstić information content (AvgIpc) is 2.77. The van der Waals surface area contributed by atoms with Crippen LogP contribution in [0.25, 0.3) is 11.0 Å². The SMILES string of the molecule is CCc1cccc2cc(OC(O)CNC(C)(C)C)oc12. The summed E-state index contributed by atoms with van der Waals surface area (Å²) in [5.41, 5.74) is 1.91. The second-order valence-electron chi connectivity index (χ2n) is 5.96. The highest BCUT2D eigenvalue weighted by atomic mass is 16.7. The van der Waals surface area contributed by atoms with Crippen molar-refractivity contribution in [1.82, 2.24) is 5.32 Å². The summed E-state index contributed by atoms with van der Waals surface area (Å²) in [6.07, 6.45) is -0.0295. The Kier molecular flexibility index (Phi) is 4.35. The van der Waals surface area contributed by atoms with E-state index in [9.17, 15) is 5.11 Å². The number of aryl methyl sites for hydroxylation is 1. The van der Waals surface area contributed by atoms with E-state index in [-0.39, 0.29) is 5.54 Å². The average molecular weight is 277 g/mol. The number of nitrogens with one attached hydrogen (secondary N) is 1. The predicted octanol–water partition coefficient (Wildman–Crippen LogP) is 3.08. The quantitative estimate of drug-likeness (QED) is 0.825. The molecule has 0 bridgehead atoms. The van der Waals surface area contributed by atoms with Crippen LogP contribution in [-0.2, 0) is 6.42 Å². The van der Waals surface area contributed by atoms with E-state index in [1.807, 2.05) is 45.0 Å². The molecular formula is C16H23NO3. The number of ether oxygens (including phenoxy) is 1. The topological polar surface area (TPSA) is 54.6 Å². The smallest absolute Gasteiger partial charge is 0.287 e. The third kappa shape index (κ3) is 3.74. The van der Waals surface area contributed by atoms with Crippen LogP contribution < -0.4 is 10.1 Å². The van der Waals surface area contributed by atoms with Crippen LogP contribution in [-0.4, -0.2) is 23.5 Å². The van der Waals surface area contributed by atoms with Gasteiger partial charge < -0.3 is 19.6 Å². The van der Waals surface area contributed by atoms with Gasteiger partial charge in [0.2, 0.25) is 6.29 Å². The highest BCUT2D eigenvalue weighted by Crippen LogP contribution is 2.28. The van der Waals surface area contributed by atoms with Crippen molar-refractivity contribution in [2.75, 3.05) is 6.54 Å². The summed E-state index contributed by atoms with van der Waals surface area (Å²) >= 11 is 0. The standard InChI is InChI=1S/C16H23NO3/c1-5-11-7-6-8-12-9-14(20-15(11)12)19-13(18)10-17-16(2,3)4/h6-9,13,17-18H,5,10H2,1-4H3. The number of hydrogen-bond acceptors (Lipinski definition) is 4. The Morgan fingerprint density at radius 2 is 2.10 bits per heavy atom. The zero-order valence-electron chi connectivity index (χ0n) is 12.6. The number of hydrogen-bond donors (Lipinski definition) is 2. The first-order valence-electron chi connectivity index (χ1n) is 7.00. The number of fused-ring (bicyclic) bond motifs is 1. The zero-order chi connectivity index (χ0) is 14.8. The highest BCUT2D eigenvalue weighted by Gasteiger charge is 2.15. The molecule has 0 spiro atoms. The molecule has 0 fully saturated rings. The van der Waals surface area contributed by atoms with Crippen LogP contribution in [0.3, 0.4) is 0 Å². The zero-order valence-corrected chi connectivity index (χ0v) is 12.6. The van der Waals surface area contributed by atoms with Crippen molar-refractivity contribution in [3.05, 3.63) is 29.8 Å². The minimum Gasteiger partial charge on any atom is -0.434 e. The second-order valence-corrected chi connectivity index (χ2v) is 5.96. The number of aliphatic hydroxyl groups is 1. The summed E-state index contributed by atoms with van der Waals surface area (Å²) in [5.74, 6) is 0.351. The van der Waals surface area contributed by atoms with E-state index in [4.69, 9.17) is 9.15 Å². The van der Waals surface area contributed by atoms with Crippen LogP contribution in [0.2, 0.25) is 0 Å². The van der Waals surface area contributed by atoms with Gasteiger partial charge in [-0.3, -0.25) is 0 Å². The molecule has 1 atom stereocenters. The Hall–Kier alpha value is -1.52. The second kappa shape index (κ2) is 5.85. The van der Waals surface area contributed by atoms with Gasteiger partial charge in [0.05, 0.1) is 6.54 Å². The normalized spacial score (nSPS) is 13.7. The van der Waals surface area contributed by atoms with Crippen LogP contribution in [0.15, 0.2) is 28.7 Å². The monoisotopic (exact) mass is 277 g/mol. The van der Waals surface area contributed by atoms with Crippen LogP contribution in [0.4, 0.5) is 0 Å². The molecule has 2 aromatic rings. The fourth-order valence-corrected chi connectivity index (χ4v) is 2.01.